The lowest BCUT2D eigenvalue weighted by Gasteiger charge is -2.47. The van der Waals surface area contributed by atoms with E-state index < -0.39 is 7.82 Å². The molecule has 0 aliphatic heterocycles. The molecular formula is C24H54NO4P. The van der Waals surface area contributed by atoms with Crippen molar-refractivity contribution in [2.24, 2.45) is 0 Å². The van der Waals surface area contributed by atoms with E-state index in [0.717, 1.165) is 0 Å². The predicted molar refractivity (Wildman–Crippen MR) is 131 cm³/mol. The number of unbranched alkanes of at least 4 members (excludes halogenated alkanes) is 4. The number of rotatable bonds is 18. The summed E-state index contributed by atoms with van der Waals surface area (Å²) < 4.78 is 8.88. The minimum atomic E-state index is -4.64. The van der Waals surface area contributed by atoms with Crippen LogP contribution >= 0.6 is 7.82 Å². The molecule has 0 aromatic heterocycles. The van der Waals surface area contributed by atoms with Crippen LogP contribution in [0, 0.1) is 0 Å². The molecule has 0 bridgehead atoms. The van der Waals surface area contributed by atoms with Gasteiger partial charge in [-0.1, -0.05) is 106 Å². The topological polar surface area (TPSA) is 89.8 Å². The normalized spacial score (nSPS) is 12.6. The lowest BCUT2D eigenvalue weighted by molar-refractivity contribution is 0.130. The largest absolute Gasteiger partial charge is 0.466 e. The second kappa shape index (κ2) is 18.6. The zero-order chi connectivity index (χ0) is 23.5. The fourth-order valence-electron chi connectivity index (χ4n) is 4.71. The highest BCUT2D eigenvalue weighted by atomic mass is 31.2. The third-order valence-corrected chi connectivity index (χ3v) is 6.02. The molecule has 0 rings (SSSR count). The molecule has 0 spiro atoms. The fourth-order valence-corrected chi connectivity index (χ4v) is 4.71. The van der Waals surface area contributed by atoms with Gasteiger partial charge in [0, 0.05) is 11.1 Å². The van der Waals surface area contributed by atoms with E-state index >= 15 is 0 Å². The van der Waals surface area contributed by atoms with Gasteiger partial charge in [0.1, 0.15) is 0 Å². The Bertz CT molecular complexity index is 373. The first-order valence-electron chi connectivity index (χ1n) is 12.6. The zero-order valence-corrected chi connectivity index (χ0v) is 21.9. The third kappa shape index (κ3) is 17.7. The van der Waals surface area contributed by atoms with Crippen molar-refractivity contribution in [3.05, 3.63) is 0 Å². The smallest absolute Gasteiger partial charge is 0.306 e. The van der Waals surface area contributed by atoms with Crippen molar-refractivity contribution in [2.45, 2.75) is 155 Å². The Labute approximate surface area is 188 Å². The van der Waals surface area contributed by atoms with Gasteiger partial charge in [-0.15, -0.1) is 0 Å². The van der Waals surface area contributed by atoms with E-state index in [4.69, 9.17) is 19.2 Å². The highest BCUT2D eigenvalue weighted by molar-refractivity contribution is 7.45. The number of phosphoric acid groups is 1. The molecular weight excluding hydrogens is 397 g/mol. The SMILES string of the molecule is CCCCC(CCC)(CCCC)NC(CCC)(CCCC)CCCC.O=P(O)(O)O. The molecule has 0 aliphatic carbocycles. The highest BCUT2D eigenvalue weighted by Crippen LogP contribution is 2.35. The van der Waals surface area contributed by atoms with Gasteiger partial charge in [-0.2, -0.15) is 0 Å². The quantitative estimate of drug-likeness (QED) is 0.162. The molecule has 4 N–H and O–H groups in total. The number of hydrogen-bond acceptors (Lipinski definition) is 2. The molecule has 0 amide bonds. The van der Waals surface area contributed by atoms with Gasteiger partial charge in [-0.05, 0) is 38.5 Å². The van der Waals surface area contributed by atoms with Gasteiger partial charge in [0.2, 0.25) is 0 Å². The van der Waals surface area contributed by atoms with Crippen molar-refractivity contribution in [2.75, 3.05) is 0 Å². The molecule has 0 radical (unpaired) electrons. The molecule has 5 nitrogen and oxygen atoms in total. The molecule has 0 aromatic rings. The first-order valence-corrected chi connectivity index (χ1v) is 14.2. The van der Waals surface area contributed by atoms with Crippen LogP contribution in [0.3, 0.4) is 0 Å². The maximum atomic E-state index is 8.88. The molecule has 184 valence electrons. The molecule has 0 aromatic carbocycles. The standard InChI is InChI=1S/C24H51N.H3O4P/c1-7-13-19-23(17-11-5,20-14-8-2)25-24(18-12-6,21-15-9-3)22-16-10-4;1-5(2,3)4/h25H,7-22H2,1-6H3;(H3,1,2,3,4). The van der Waals surface area contributed by atoms with Gasteiger partial charge in [-0.25, -0.2) is 4.57 Å². The Morgan fingerprint density at radius 3 is 0.933 bits per heavy atom. The number of hydrogen-bond donors (Lipinski definition) is 4. The van der Waals surface area contributed by atoms with Crippen LogP contribution in [0.25, 0.3) is 0 Å². The van der Waals surface area contributed by atoms with Crippen molar-refractivity contribution in [3.8, 4) is 0 Å². The van der Waals surface area contributed by atoms with Gasteiger partial charge in [0.25, 0.3) is 0 Å². The van der Waals surface area contributed by atoms with E-state index in [0.29, 0.717) is 11.1 Å². The monoisotopic (exact) mass is 451 g/mol. The maximum absolute atomic E-state index is 8.88. The third-order valence-electron chi connectivity index (χ3n) is 6.02. The molecule has 0 atom stereocenters. The average molecular weight is 452 g/mol. The van der Waals surface area contributed by atoms with Crippen molar-refractivity contribution in [3.63, 3.8) is 0 Å². The summed E-state index contributed by atoms with van der Waals surface area (Å²) in [6.45, 7) is 14.2. The summed E-state index contributed by atoms with van der Waals surface area (Å²) in [5.74, 6) is 0. The van der Waals surface area contributed by atoms with E-state index in [1.165, 1.54) is 103 Å². The highest BCUT2D eigenvalue weighted by Gasteiger charge is 2.37. The Hall–Kier alpha value is 0.0700. The van der Waals surface area contributed by atoms with Crippen molar-refractivity contribution < 1.29 is 19.2 Å². The summed E-state index contributed by atoms with van der Waals surface area (Å²) in [4.78, 5) is 21.6. The van der Waals surface area contributed by atoms with Gasteiger partial charge in [-0.3, -0.25) is 0 Å². The number of nitrogens with one attached hydrogen (secondary N) is 1. The van der Waals surface area contributed by atoms with Crippen LogP contribution < -0.4 is 5.32 Å². The van der Waals surface area contributed by atoms with Crippen LogP contribution in [0.4, 0.5) is 0 Å². The van der Waals surface area contributed by atoms with E-state index in [2.05, 4.69) is 46.9 Å². The van der Waals surface area contributed by atoms with Crippen LogP contribution in [0.1, 0.15) is 144 Å². The molecule has 0 saturated heterocycles. The Balaban J connectivity index is 0. The lowest BCUT2D eigenvalue weighted by atomic mass is 9.76. The lowest BCUT2D eigenvalue weighted by Crippen LogP contribution is -2.58. The summed E-state index contributed by atoms with van der Waals surface area (Å²) in [7, 11) is -4.64. The van der Waals surface area contributed by atoms with Crippen molar-refractivity contribution >= 4 is 7.82 Å². The maximum Gasteiger partial charge on any atom is 0.466 e. The van der Waals surface area contributed by atoms with Gasteiger partial charge in [0.15, 0.2) is 0 Å². The van der Waals surface area contributed by atoms with Crippen LogP contribution in [-0.2, 0) is 4.57 Å². The molecule has 6 heteroatoms. The van der Waals surface area contributed by atoms with Crippen molar-refractivity contribution in [1.82, 2.24) is 5.32 Å². The van der Waals surface area contributed by atoms with Crippen LogP contribution in [0.5, 0.6) is 0 Å². The molecule has 0 saturated carbocycles. The van der Waals surface area contributed by atoms with Gasteiger partial charge >= 0.3 is 7.82 Å². The predicted octanol–water partition coefficient (Wildman–Crippen LogP) is 7.49. The molecule has 30 heavy (non-hydrogen) atoms. The summed E-state index contributed by atoms with van der Waals surface area (Å²) >= 11 is 0. The fraction of sp³-hybridized carbons (Fsp3) is 1.00. The van der Waals surface area contributed by atoms with Crippen LogP contribution in [0.15, 0.2) is 0 Å². The summed E-state index contributed by atoms with van der Waals surface area (Å²) in [5.41, 5.74) is 0.773. The minimum absolute atomic E-state index is 0.386. The Morgan fingerprint density at radius 2 is 0.767 bits per heavy atom. The second-order valence-electron chi connectivity index (χ2n) is 9.11. The first kappa shape index (κ1) is 32.3. The van der Waals surface area contributed by atoms with Gasteiger partial charge < -0.3 is 20.0 Å². The zero-order valence-electron chi connectivity index (χ0n) is 21.0. The summed E-state index contributed by atoms with van der Waals surface area (Å²) in [5, 5.41) is 4.42. The second-order valence-corrected chi connectivity index (χ2v) is 10.1. The minimum Gasteiger partial charge on any atom is -0.306 e. The van der Waals surface area contributed by atoms with E-state index in [1.807, 2.05) is 0 Å². The summed E-state index contributed by atoms with van der Waals surface area (Å²) in [6.07, 6.45) is 21.6. The average Bonchev–Trinajstić information content (AvgIpc) is 2.67. The molecule has 0 aliphatic rings. The van der Waals surface area contributed by atoms with Crippen molar-refractivity contribution in [1.29, 1.82) is 0 Å². The van der Waals surface area contributed by atoms with E-state index in [1.54, 1.807) is 0 Å². The van der Waals surface area contributed by atoms with Crippen LogP contribution in [-0.4, -0.2) is 25.8 Å². The molecule has 0 heterocycles. The molecule has 0 unspecified atom stereocenters. The molecule has 0 fully saturated rings. The van der Waals surface area contributed by atoms with Crippen LogP contribution in [0.2, 0.25) is 0 Å². The van der Waals surface area contributed by atoms with E-state index in [-0.39, 0.29) is 0 Å². The Morgan fingerprint density at radius 1 is 0.533 bits per heavy atom. The first-order chi connectivity index (χ1) is 14.1. The summed E-state index contributed by atoms with van der Waals surface area (Å²) in [6, 6.07) is 0. The van der Waals surface area contributed by atoms with Gasteiger partial charge in [0.05, 0.1) is 0 Å². The Kier molecular flexibility index (Phi) is 20.0. The van der Waals surface area contributed by atoms with E-state index in [9.17, 15) is 0 Å².